The molecule has 0 aliphatic carbocycles. The van der Waals surface area contributed by atoms with E-state index in [1.54, 1.807) is 0 Å². The number of carbonyl (C=O) groups excluding carboxylic acids is 1. The van der Waals surface area contributed by atoms with Gasteiger partial charge in [0, 0.05) is 19.5 Å². The zero-order valence-electron chi connectivity index (χ0n) is 8.89. The molecule has 0 saturated carbocycles. The van der Waals surface area contributed by atoms with E-state index in [0.717, 1.165) is 19.5 Å². The van der Waals surface area contributed by atoms with Gasteiger partial charge < -0.3 is 10.6 Å². The maximum Gasteiger partial charge on any atom is 0.224 e. The fourth-order valence-electron chi connectivity index (χ4n) is 1.67. The predicted octanol–water partition coefficient (Wildman–Crippen LogP) is 0.371. The van der Waals surface area contributed by atoms with Gasteiger partial charge in [0.1, 0.15) is 0 Å². The Morgan fingerprint density at radius 3 is 2.93 bits per heavy atom. The fourth-order valence-corrected chi connectivity index (χ4v) is 1.67. The second kappa shape index (κ2) is 5.66. The van der Waals surface area contributed by atoms with Crippen LogP contribution >= 0.6 is 0 Å². The molecule has 2 atom stereocenters. The Morgan fingerprint density at radius 2 is 2.36 bits per heavy atom. The van der Waals surface area contributed by atoms with Gasteiger partial charge in [-0.3, -0.25) is 4.79 Å². The third-order valence-corrected chi connectivity index (χ3v) is 2.58. The average molecular weight is 194 g/mol. The number of carbonyl (C=O) groups is 1. The van der Waals surface area contributed by atoms with Crippen molar-refractivity contribution in [2.24, 2.45) is 11.8 Å². The van der Waals surface area contributed by atoms with E-state index in [0.29, 0.717) is 12.5 Å². The summed E-state index contributed by atoms with van der Waals surface area (Å²) in [5.41, 5.74) is 0. The quantitative estimate of drug-likeness (QED) is 0.503. The minimum absolute atomic E-state index is 0.143. The molecule has 78 valence electrons. The summed E-state index contributed by atoms with van der Waals surface area (Å²) in [5.74, 6) is 6.49. The van der Waals surface area contributed by atoms with Crippen molar-refractivity contribution in [2.75, 3.05) is 19.6 Å². The van der Waals surface area contributed by atoms with Crippen LogP contribution in [0.5, 0.6) is 0 Å². The molecule has 2 N–H and O–H groups in total. The summed E-state index contributed by atoms with van der Waals surface area (Å²) in [6, 6.07) is 0. The van der Waals surface area contributed by atoms with Crippen molar-refractivity contribution in [1.29, 1.82) is 0 Å². The van der Waals surface area contributed by atoms with Crippen LogP contribution in [0.25, 0.3) is 0 Å². The maximum atomic E-state index is 11.6. The van der Waals surface area contributed by atoms with Crippen LogP contribution in [0.2, 0.25) is 0 Å². The van der Waals surface area contributed by atoms with Crippen LogP contribution in [0.15, 0.2) is 0 Å². The first kappa shape index (κ1) is 11.1. The smallest absolute Gasteiger partial charge is 0.224 e. The first-order chi connectivity index (χ1) is 6.75. The van der Waals surface area contributed by atoms with Crippen LogP contribution in [-0.2, 0) is 4.79 Å². The monoisotopic (exact) mass is 194 g/mol. The lowest BCUT2D eigenvalue weighted by Gasteiger charge is -2.13. The summed E-state index contributed by atoms with van der Waals surface area (Å²) in [4.78, 5) is 11.6. The van der Waals surface area contributed by atoms with E-state index in [4.69, 9.17) is 0 Å². The van der Waals surface area contributed by atoms with E-state index in [9.17, 15) is 4.79 Å². The highest BCUT2D eigenvalue weighted by Gasteiger charge is 2.28. The average Bonchev–Trinajstić information content (AvgIpc) is 2.59. The van der Waals surface area contributed by atoms with Gasteiger partial charge in [0.25, 0.3) is 0 Å². The maximum absolute atomic E-state index is 11.6. The molecule has 0 spiro atoms. The third kappa shape index (κ3) is 3.04. The van der Waals surface area contributed by atoms with Gasteiger partial charge in [-0.2, -0.15) is 0 Å². The van der Waals surface area contributed by atoms with Crippen molar-refractivity contribution in [3.05, 3.63) is 0 Å². The van der Waals surface area contributed by atoms with Crippen LogP contribution in [0, 0.1) is 23.7 Å². The van der Waals surface area contributed by atoms with Gasteiger partial charge in [0.05, 0.1) is 5.92 Å². The van der Waals surface area contributed by atoms with Gasteiger partial charge >= 0.3 is 0 Å². The number of nitrogens with one attached hydrogen (secondary N) is 2. The molecule has 1 amide bonds. The highest BCUT2D eigenvalue weighted by molar-refractivity contribution is 5.79. The lowest BCUT2D eigenvalue weighted by atomic mass is 9.97. The molecule has 3 nitrogen and oxygen atoms in total. The molecular formula is C11H18N2O. The minimum Gasteiger partial charge on any atom is -0.355 e. The van der Waals surface area contributed by atoms with Crippen LogP contribution in [0.4, 0.5) is 0 Å². The Labute approximate surface area is 85.6 Å². The Kier molecular flexibility index (Phi) is 4.48. The molecule has 0 bridgehead atoms. The van der Waals surface area contributed by atoms with Crippen LogP contribution in [0.1, 0.15) is 20.3 Å². The zero-order chi connectivity index (χ0) is 10.4. The molecule has 0 aromatic heterocycles. The van der Waals surface area contributed by atoms with E-state index in [-0.39, 0.29) is 11.8 Å². The number of hydrogen-bond acceptors (Lipinski definition) is 2. The molecular weight excluding hydrogens is 176 g/mol. The van der Waals surface area contributed by atoms with E-state index in [1.165, 1.54) is 0 Å². The first-order valence-electron chi connectivity index (χ1n) is 5.13. The summed E-state index contributed by atoms with van der Waals surface area (Å²) in [6.45, 7) is 6.35. The van der Waals surface area contributed by atoms with Crippen LogP contribution in [-0.4, -0.2) is 25.5 Å². The molecule has 2 unspecified atom stereocenters. The topological polar surface area (TPSA) is 41.1 Å². The van der Waals surface area contributed by atoms with E-state index >= 15 is 0 Å². The summed E-state index contributed by atoms with van der Waals surface area (Å²) >= 11 is 0. The number of hydrogen-bond donors (Lipinski definition) is 2. The lowest BCUT2D eigenvalue weighted by Crippen LogP contribution is -2.34. The molecule has 14 heavy (non-hydrogen) atoms. The van der Waals surface area contributed by atoms with Gasteiger partial charge in [-0.15, -0.1) is 11.8 Å². The van der Waals surface area contributed by atoms with Crippen molar-refractivity contribution in [3.63, 3.8) is 0 Å². The molecule has 1 heterocycles. The highest BCUT2D eigenvalue weighted by Crippen LogP contribution is 2.15. The summed E-state index contributed by atoms with van der Waals surface area (Å²) in [5, 5.41) is 6.12. The lowest BCUT2D eigenvalue weighted by molar-refractivity contribution is -0.125. The SMILES string of the molecule is CC#CCCNC(=O)C1CNCC1C. The molecule has 1 rings (SSSR count). The summed E-state index contributed by atoms with van der Waals surface area (Å²) in [6.07, 6.45) is 0.747. The van der Waals surface area contributed by atoms with E-state index in [2.05, 4.69) is 29.4 Å². The molecule has 0 aromatic carbocycles. The minimum atomic E-state index is 0.143. The van der Waals surface area contributed by atoms with Crippen molar-refractivity contribution >= 4 is 5.91 Å². The van der Waals surface area contributed by atoms with E-state index in [1.807, 2.05) is 6.92 Å². The standard InChI is InChI=1S/C11H18N2O/c1-3-4-5-6-13-11(14)10-8-12-7-9(10)2/h9-10,12H,5-8H2,1-2H3,(H,13,14). The van der Waals surface area contributed by atoms with Gasteiger partial charge in [-0.25, -0.2) is 0 Å². The second-order valence-electron chi connectivity index (χ2n) is 3.71. The summed E-state index contributed by atoms with van der Waals surface area (Å²) < 4.78 is 0. The molecule has 1 saturated heterocycles. The fraction of sp³-hybridized carbons (Fsp3) is 0.727. The Hall–Kier alpha value is -1.01. The second-order valence-corrected chi connectivity index (χ2v) is 3.71. The van der Waals surface area contributed by atoms with Gasteiger partial charge in [-0.05, 0) is 19.4 Å². The van der Waals surface area contributed by atoms with Gasteiger partial charge in [0.15, 0.2) is 0 Å². The Bertz CT molecular complexity index is 252. The van der Waals surface area contributed by atoms with Crippen molar-refractivity contribution in [3.8, 4) is 11.8 Å². The molecule has 3 heteroatoms. The molecule has 0 radical (unpaired) electrons. The number of rotatable bonds is 3. The number of amides is 1. The molecule has 1 aliphatic heterocycles. The summed E-state index contributed by atoms with van der Waals surface area (Å²) in [7, 11) is 0. The van der Waals surface area contributed by atoms with Crippen molar-refractivity contribution < 1.29 is 4.79 Å². The zero-order valence-corrected chi connectivity index (χ0v) is 8.89. The molecule has 1 aliphatic rings. The molecule has 1 fully saturated rings. The van der Waals surface area contributed by atoms with E-state index < -0.39 is 0 Å². The Morgan fingerprint density at radius 1 is 1.57 bits per heavy atom. The van der Waals surface area contributed by atoms with Crippen LogP contribution < -0.4 is 10.6 Å². The van der Waals surface area contributed by atoms with Crippen molar-refractivity contribution in [2.45, 2.75) is 20.3 Å². The first-order valence-corrected chi connectivity index (χ1v) is 5.13. The Balaban J connectivity index is 2.23. The molecule has 0 aromatic rings. The largest absolute Gasteiger partial charge is 0.355 e. The third-order valence-electron chi connectivity index (χ3n) is 2.58. The normalized spacial score (nSPS) is 25.3. The van der Waals surface area contributed by atoms with Gasteiger partial charge in [-0.1, -0.05) is 6.92 Å². The van der Waals surface area contributed by atoms with Crippen LogP contribution in [0.3, 0.4) is 0 Å². The highest BCUT2D eigenvalue weighted by atomic mass is 16.1. The predicted molar refractivity (Wildman–Crippen MR) is 56.6 cm³/mol. The van der Waals surface area contributed by atoms with Crippen molar-refractivity contribution in [1.82, 2.24) is 10.6 Å². The van der Waals surface area contributed by atoms with Gasteiger partial charge in [0.2, 0.25) is 5.91 Å².